The normalized spacial score (nSPS) is 11.4. The van der Waals surface area contributed by atoms with Crippen LogP contribution in [-0.2, 0) is 0 Å². The highest BCUT2D eigenvalue weighted by Gasteiger charge is 2.01. The van der Waals surface area contributed by atoms with Gasteiger partial charge in [0.15, 0.2) is 0 Å². The van der Waals surface area contributed by atoms with Crippen molar-refractivity contribution >= 4 is 0 Å². The Labute approximate surface area is 64.6 Å². The SMILES string of the molecule is [CH2]CNN(CC)CC(C)C. The predicted octanol–water partition coefficient (Wildman–Crippen LogP) is 1.30. The number of rotatable bonds is 5. The molecule has 10 heavy (non-hydrogen) atoms. The zero-order chi connectivity index (χ0) is 7.98. The Morgan fingerprint density at radius 1 is 1.50 bits per heavy atom. The van der Waals surface area contributed by atoms with Crippen LogP contribution < -0.4 is 5.43 Å². The van der Waals surface area contributed by atoms with Crippen LogP contribution in [0.5, 0.6) is 0 Å². The van der Waals surface area contributed by atoms with Gasteiger partial charge in [-0.1, -0.05) is 20.8 Å². The van der Waals surface area contributed by atoms with Gasteiger partial charge in [-0.25, -0.2) is 5.01 Å². The van der Waals surface area contributed by atoms with E-state index in [9.17, 15) is 0 Å². The summed E-state index contributed by atoms with van der Waals surface area (Å²) in [5.41, 5.74) is 3.19. The Kier molecular flexibility index (Phi) is 5.64. The van der Waals surface area contributed by atoms with Gasteiger partial charge >= 0.3 is 0 Å². The van der Waals surface area contributed by atoms with Crippen molar-refractivity contribution in [1.29, 1.82) is 0 Å². The van der Waals surface area contributed by atoms with Crippen LogP contribution in [0.15, 0.2) is 0 Å². The van der Waals surface area contributed by atoms with Crippen molar-refractivity contribution in [2.24, 2.45) is 5.92 Å². The molecule has 0 bridgehead atoms. The van der Waals surface area contributed by atoms with E-state index < -0.39 is 0 Å². The van der Waals surface area contributed by atoms with Crippen molar-refractivity contribution in [3.8, 4) is 0 Å². The van der Waals surface area contributed by atoms with Crippen molar-refractivity contribution in [3.05, 3.63) is 6.92 Å². The molecule has 2 heteroatoms. The molecule has 0 spiro atoms. The van der Waals surface area contributed by atoms with Gasteiger partial charge in [0.2, 0.25) is 0 Å². The van der Waals surface area contributed by atoms with Crippen LogP contribution in [0.1, 0.15) is 20.8 Å². The van der Waals surface area contributed by atoms with Crippen LogP contribution in [0.3, 0.4) is 0 Å². The van der Waals surface area contributed by atoms with Crippen molar-refractivity contribution in [2.45, 2.75) is 20.8 Å². The van der Waals surface area contributed by atoms with E-state index in [-0.39, 0.29) is 0 Å². The van der Waals surface area contributed by atoms with E-state index in [1.54, 1.807) is 0 Å². The summed E-state index contributed by atoms with van der Waals surface area (Å²) >= 11 is 0. The molecule has 0 aromatic carbocycles. The first kappa shape index (κ1) is 9.92. The quantitative estimate of drug-likeness (QED) is 0.584. The van der Waals surface area contributed by atoms with Crippen molar-refractivity contribution in [3.63, 3.8) is 0 Å². The maximum atomic E-state index is 3.73. The Balaban J connectivity index is 3.39. The first-order valence-corrected chi connectivity index (χ1v) is 3.98. The van der Waals surface area contributed by atoms with Crippen LogP contribution in [0.2, 0.25) is 0 Å². The van der Waals surface area contributed by atoms with E-state index in [1.165, 1.54) is 0 Å². The van der Waals surface area contributed by atoms with Gasteiger partial charge in [-0.3, -0.25) is 5.43 Å². The molecule has 0 amide bonds. The van der Waals surface area contributed by atoms with Gasteiger partial charge in [-0.05, 0) is 12.8 Å². The molecule has 0 saturated heterocycles. The lowest BCUT2D eigenvalue weighted by atomic mass is 10.2. The first-order valence-electron chi connectivity index (χ1n) is 3.98. The minimum Gasteiger partial charge on any atom is -0.255 e. The summed E-state index contributed by atoms with van der Waals surface area (Å²) in [6.07, 6.45) is 0. The molecule has 0 atom stereocenters. The van der Waals surface area contributed by atoms with E-state index in [1.807, 2.05) is 0 Å². The monoisotopic (exact) mass is 143 g/mol. The Hall–Kier alpha value is -0.0800. The zero-order valence-corrected chi connectivity index (χ0v) is 7.35. The van der Waals surface area contributed by atoms with Crippen molar-refractivity contribution < 1.29 is 0 Å². The minimum absolute atomic E-state index is 0.721. The fourth-order valence-corrected chi connectivity index (χ4v) is 0.904. The molecule has 0 heterocycles. The molecule has 0 aromatic heterocycles. The third-order valence-electron chi connectivity index (χ3n) is 1.30. The Morgan fingerprint density at radius 3 is 2.40 bits per heavy atom. The summed E-state index contributed by atoms with van der Waals surface area (Å²) in [6, 6.07) is 0. The molecule has 0 fully saturated rings. The highest BCUT2D eigenvalue weighted by Crippen LogP contribution is 1.93. The maximum Gasteiger partial charge on any atom is 0.0153 e. The lowest BCUT2D eigenvalue weighted by Crippen LogP contribution is -2.40. The van der Waals surface area contributed by atoms with Crippen LogP contribution in [-0.4, -0.2) is 24.6 Å². The first-order chi connectivity index (χ1) is 4.70. The molecule has 1 radical (unpaired) electrons. The molecule has 0 rings (SSSR count). The average Bonchev–Trinajstić information content (AvgIpc) is 1.86. The molecule has 1 N–H and O–H groups in total. The van der Waals surface area contributed by atoms with Crippen molar-refractivity contribution in [2.75, 3.05) is 19.6 Å². The predicted molar refractivity (Wildman–Crippen MR) is 45.4 cm³/mol. The van der Waals surface area contributed by atoms with Gasteiger partial charge in [0.25, 0.3) is 0 Å². The summed E-state index contributed by atoms with van der Waals surface area (Å²) in [5, 5.41) is 2.19. The van der Waals surface area contributed by atoms with Gasteiger partial charge in [0.1, 0.15) is 0 Å². The van der Waals surface area contributed by atoms with Gasteiger partial charge < -0.3 is 0 Å². The second-order valence-electron chi connectivity index (χ2n) is 2.84. The van der Waals surface area contributed by atoms with Crippen molar-refractivity contribution in [1.82, 2.24) is 10.4 Å². The van der Waals surface area contributed by atoms with Gasteiger partial charge in [-0.2, -0.15) is 0 Å². The van der Waals surface area contributed by atoms with E-state index in [0.717, 1.165) is 25.6 Å². The standard InChI is InChI=1S/C8H19N2/c1-5-9-10(6-2)7-8(3)4/h8-9H,1,5-7H2,2-4H3. The van der Waals surface area contributed by atoms with E-state index in [4.69, 9.17) is 0 Å². The summed E-state index contributed by atoms with van der Waals surface area (Å²) in [4.78, 5) is 0. The third-order valence-corrected chi connectivity index (χ3v) is 1.30. The molecule has 0 aliphatic carbocycles. The summed E-state index contributed by atoms with van der Waals surface area (Å²) < 4.78 is 0. The van der Waals surface area contributed by atoms with Gasteiger partial charge in [0.05, 0.1) is 0 Å². The lowest BCUT2D eigenvalue weighted by molar-refractivity contribution is 0.184. The summed E-state index contributed by atoms with van der Waals surface area (Å²) in [7, 11) is 0. The zero-order valence-electron chi connectivity index (χ0n) is 7.35. The number of hydrazine groups is 1. The summed E-state index contributed by atoms with van der Waals surface area (Å²) in [6.45, 7) is 13.2. The van der Waals surface area contributed by atoms with E-state index in [0.29, 0.717) is 0 Å². The van der Waals surface area contributed by atoms with E-state index >= 15 is 0 Å². The third kappa shape index (κ3) is 4.77. The molecule has 0 aliphatic rings. The van der Waals surface area contributed by atoms with Crippen LogP contribution in [0.4, 0.5) is 0 Å². The highest BCUT2D eigenvalue weighted by atomic mass is 15.5. The smallest absolute Gasteiger partial charge is 0.0153 e. The van der Waals surface area contributed by atoms with E-state index in [2.05, 4.69) is 38.1 Å². The number of nitrogens with zero attached hydrogens (tertiary/aromatic N) is 1. The molecule has 0 unspecified atom stereocenters. The molecule has 61 valence electrons. The molecule has 2 nitrogen and oxygen atoms in total. The van der Waals surface area contributed by atoms with Crippen LogP contribution in [0.25, 0.3) is 0 Å². The van der Waals surface area contributed by atoms with Crippen LogP contribution >= 0.6 is 0 Å². The topological polar surface area (TPSA) is 15.3 Å². The Morgan fingerprint density at radius 2 is 2.10 bits per heavy atom. The molecular weight excluding hydrogens is 124 g/mol. The number of nitrogens with one attached hydrogen (secondary N) is 1. The average molecular weight is 143 g/mol. The number of hydrogen-bond acceptors (Lipinski definition) is 2. The minimum atomic E-state index is 0.721. The largest absolute Gasteiger partial charge is 0.255 e. The Bertz CT molecular complexity index is 71.7. The summed E-state index contributed by atoms with van der Waals surface area (Å²) in [5.74, 6) is 0.721. The molecule has 0 saturated carbocycles. The highest BCUT2D eigenvalue weighted by molar-refractivity contribution is 4.53. The second-order valence-corrected chi connectivity index (χ2v) is 2.84. The van der Waals surface area contributed by atoms with Gasteiger partial charge in [-0.15, -0.1) is 0 Å². The van der Waals surface area contributed by atoms with Crippen LogP contribution in [0, 0.1) is 12.8 Å². The fraction of sp³-hybridized carbons (Fsp3) is 0.875. The number of hydrogen-bond donors (Lipinski definition) is 1. The maximum absolute atomic E-state index is 3.73. The van der Waals surface area contributed by atoms with Gasteiger partial charge in [0, 0.05) is 19.6 Å². The lowest BCUT2D eigenvalue weighted by Gasteiger charge is -2.22. The second kappa shape index (κ2) is 5.69. The molecule has 0 aromatic rings. The fourth-order valence-electron chi connectivity index (χ4n) is 0.904. The molecule has 0 aliphatic heterocycles. The molecular formula is C8H19N2.